The molecule has 124 valence electrons. The zero-order valence-electron chi connectivity index (χ0n) is 12.5. The summed E-state index contributed by atoms with van der Waals surface area (Å²) in [5, 5.41) is 3.09. The second-order valence-corrected chi connectivity index (χ2v) is 5.22. The number of anilines is 1. The number of benzene rings is 1. The molecule has 9 heteroatoms. The van der Waals surface area contributed by atoms with Gasteiger partial charge in [0.1, 0.15) is 0 Å². The minimum Gasteiger partial charge on any atom is -0.318 e. The van der Waals surface area contributed by atoms with Gasteiger partial charge in [-0.1, -0.05) is 12.1 Å². The Balaban J connectivity index is 2.58. The largest absolute Gasteiger partial charge is 0.440 e. The van der Waals surface area contributed by atoms with Gasteiger partial charge in [0.25, 0.3) is 11.6 Å². The Hall–Kier alpha value is -2.58. The summed E-state index contributed by atoms with van der Waals surface area (Å²) in [6.45, 7) is 4.10. The molecule has 1 saturated heterocycles. The van der Waals surface area contributed by atoms with E-state index in [9.17, 15) is 27.6 Å². The van der Waals surface area contributed by atoms with E-state index >= 15 is 0 Å². The van der Waals surface area contributed by atoms with Crippen LogP contribution in [-0.4, -0.2) is 29.7 Å². The third-order valence-electron chi connectivity index (χ3n) is 3.63. The fourth-order valence-corrected chi connectivity index (χ4v) is 2.34. The SMILES string of the molecule is CC(=O)N[C@@]1(C(F)(F)F)NC(=O)N(c2cccc(C)c2C)C1=O. The number of urea groups is 1. The van der Waals surface area contributed by atoms with Crippen LogP contribution in [0.2, 0.25) is 0 Å². The Morgan fingerprint density at radius 3 is 2.39 bits per heavy atom. The molecule has 0 saturated carbocycles. The standard InChI is InChI=1S/C14H14F3N3O3/c1-7-5-4-6-10(8(7)2)20-11(22)13(14(15,16)17,18-9(3)21)19-12(20)23/h4-6H,1-3H3,(H,18,21)(H,19,23)/t13-/m1/s1. The van der Waals surface area contributed by atoms with Gasteiger partial charge in [-0.05, 0) is 31.0 Å². The van der Waals surface area contributed by atoms with Gasteiger partial charge < -0.3 is 5.32 Å². The van der Waals surface area contributed by atoms with Gasteiger partial charge in [0.05, 0.1) is 5.69 Å². The number of nitrogens with one attached hydrogen (secondary N) is 2. The van der Waals surface area contributed by atoms with Gasteiger partial charge in [0, 0.05) is 6.92 Å². The van der Waals surface area contributed by atoms with Crippen LogP contribution in [0.3, 0.4) is 0 Å². The maximum Gasteiger partial charge on any atom is 0.440 e. The molecule has 0 radical (unpaired) electrons. The molecule has 1 aliphatic rings. The number of rotatable bonds is 2. The number of halogens is 3. The van der Waals surface area contributed by atoms with Crippen LogP contribution >= 0.6 is 0 Å². The number of amides is 4. The van der Waals surface area contributed by atoms with Crippen LogP contribution in [-0.2, 0) is 9.59 Å². The smallest absolute Gasteiger partial charge is 0.318 e. The number of imide groups is 1. The molecule has 2 rings (SSSR count). The van der Waals surface area contributed by atoms with Crippen molar-refractivity contribution < 1.29 is 27.6 Å². The van der Waals surface area contributed by atoms with Gasteiger partial charge in [-0.2, -0.15) is 13.2 Å². The molecule has 1 atom stereocenters. The highest BCUT2D eigenvalue weighted by Gasteiger charge is 2.69. The molecule has 1 aliphatic heterocycles. The Labute approximate surface area is 129 Å². The number of nitrogens with zero attached hydrogens (tertiary/aromatic N) is 1. The van der Waals surface area contributed by atoms with Crippen LogP contribution in [0.5, 0.6) is 0 Å². The van der Waals surface area contributed by atoms with Crippen LogP contribution in [0.15, 0.2) is 18.2 Å². The molecule has 0 bridgehead atoms. The fourth-order valence-electron chi connectivity index (χ4n) is 2.34. The van der Waals surface area contributed by atoms with Gasteiger partial charge in [-0.15, -0.1) is 0 Å². The average molecular weight is 329 g/mol. The van der Waals surface area contributed by atoms with Gasteiger partial charge in [-0.3, -0.25) is 14.9 Å². The van der Waals surface area contributed by atoms with Crippen molar-refractivity contribution in [1.29, 1.82) is 0 Å². The molecular formula is C14H14F3N3O3. The number of hydrogen-bond donors (Lipinski definition) is 2. The summed E-state index contributed by atoms with van der Waals surface area (Å²) in [7, 11) is 0. The van der Waals surface area contributed by atoms with E-state index in [1.807, 2.05) is 0 Å². The molecule has 0 aliphatic carbocycles. The Kier molecular flexibility index (Phi) is 3.83. The minimum atomic E-state index is -5.20. The van der Waals surface area contributed by atoms with E-state index in [0.29, 0.717) is 16.0 Å². The Bertz CT molecular complexity index is 702. The highest BCUT2D eigenvalue weighted by molar-refractivity contribution is 6.24. The first-order chi connectivity index (χ1) is 10.5. The Morgan fingerprint density at radius 1 is 1.26 bits per heavy atom. The summed E-state index contributed by atoms with van der Waals surface area (Å²) in [6, 6.07) is 3.32. The summed E-state index contributed by atoms with van der Waals surface area (Å²) in [4.78, 5) is 36.0. The van der Waals surface area contributed by atoms with Crippen LogP contribution in [0, 0.1) is 13.8 Å². The second-order valence-electron chi connectivity index (χ2n) is 5.22. The molecule has 23 heavy (non-hydrogen) atoms. The number of carbonyl (C=O) groups excluding carboxylic acids is 3. The lowest BCUT2D eigenvalue weighted by Gasteiger charge is -2.29. The van der Waals surface area contributed by atoms with E-state index in [1.54, 1.807) is 25.2 Å². The monoisotopic (exact) mass is 329 g/mol. The van der Waals surface area contributed by atoms with Gasteiger partial charge in [0.15, 0.2) is 0 Å². The van der Waals surface area contributed by atoms with E-state index in [0.717, 1.165) is 6.92 Å². The number of aryl methyl sites for hydroxylation is 1. The summed E-state index contributed by atoms with van der Waals surface area (Å²) in [5.41, 5.74) is -2.25. The first-order valence-corrected chi connectivity index (χ1v) is 6.59. The van der Waals surface area contributed by atoms with Crippen molar-refractivity contribution in [2.75, 3.05) is 4.90 Å². The summed E-state index contributed by atoms with van der Waals surface area (Å²) < 4.78 is 40.2. The second kappa shape index (κ2) is 5.25. The van der Waals surface area contributed by atoms with E-state index in [2.05, 4.69) is 0 Å². The van der Waals surface area contributed by atoms with Crippen molar-refractivity contribution in [3.63, 3.8) is 0 Å². The molecule has 0 aromatic heterocycles. The average Bonchev–Trinajstić information content (AvgIpc) is 2.65. The topological polar surface area (TPSA) is 78.5 Å². The first-order valence-electron chi connectivity index (χ1n) is 6.59. The number of alkyl halides is 3. The third-order valence-corrected chi connectivity index (χ3v) is 3.63. The van der Waals surface area contributed by atoms with Crippen molar-refractivity contribution >= 4 is 23.5 Å². The van der Waals surface area contributed by atoms with Crippen LogP contribution < -0.4 is 15.5 Å². The lowest BCUT2D eigenvalue weighted by atomic mass is 10.1. The zero-order chi connectivity index (χ0) is 17.6. The fraction of sp³-hybridized carbons (Fsp3) is 0.357. The van der Waals surface area contributed by atoms with Gasteiger partial charge >= 0.3 is 12.2 Å². The lowest BCUT2D eigenvalue weighted by molar-refractivity contribution is -0.201. The van der Waals surface area contributed by atoms with Crippen molar-refractivity contribution in [3.8, 4) is 0 Å². The van der Waals surface area contributed by atoms with E-state index in [4.69, 9.17) is 0 Å². The lowest BCUT2D eigenvalue weighted by Crippen LogP contribution is -2.69. The van der Waals surface area contributed by atoms with E-state index in [-0.39, 0.29) is 5.69 Å². The maximum atomic E-state index is 13.4. The minimum absolute atomic E-state index is 0.0315. The first kappa shape index (κ1) is 16.8. The van der Waals surface area contributed by atoms with Crippen molar-refractivity contribution in [3.05, 3.63) is 29.3 Å². The molecule has 1 fully saturated rings. The van der Waals surface area contributed by atoms with E-state index in [1.165, 1.54) is 17.4 Å². The van der Waals surface area contributed by atoms with Crippen molar-refractivity contribution in [2.24, 2.45) is 0 Å². The third kappa shape index (κ3) is 2.51. The molecular weight excluding hydrogens is 315 g/mol. The predicted molar refractivity (Wildman–Crippen MR) is 74.5 cm³/mol. The Morgan fingerprint density at radius 2 is 1.87 bits per heavy atom. The summed E-state index contributed by atoms with van der Waals surface area (Å²) in [6.07, 6.45) is -5.20. The van der Waals surface area contributed by atoms with Crippen molar-refractivity contribution in [2.45, 2.75) is 32.6 Å². The van der Waals surface area contributed by atoms with Gasteiger partial charge in [0.2, 0.25) is 5.91 Å². The van der Waals surface area contributed by atoms with Crippen LogP contribution in [0.25, 0.3) is 0 Å². The number of carbonyl (C=O) groups is 3. The number of hydrogen-bond acceptors (Lipinski definition) is 3. The van der Waals surface area contributed by atoms with Crippen molar-refractivity contribution in [1.82, 2.24) is 10.6 Å². The summed E-state index contributed by atoms with van der Waals surface area (Å²) >= 11 is 0. The normalized spacial score (nSPS) is 21.4. The molecule has 0 unspecified atom stereocenters. The quantitative estimate of drug-likeness (QED) is 0.812. The molecule has 1 heterocycles. The summed E-state index contributed by atoms with van der Waals surface area (Å²) in [5.74, 6) is -2.70. The highest BCUT2D eigenvalue weighted by Crippen LogP contribution is 2.36. The molecule has 1 aromatic rings. The molecule has 1 aromatic carbocycles. The van der Waals surface area contributed by atoms with E-state index < -0.39 is 29.7 Å². The van der Waals surface area contributed by atoms with Crippen LogP contribution in [0.1, 0.15) is 18.1 Å². The molecule has 0 spiro atoms. The molecule has 4 amide bonds. The molecule has 2 N–H and O–H groups in total. The maximum absolute atomic E-state index is 13.4. The predicted octanol–water partition coefficient (Wildman–Crippen LogP) is 1.75. The van der Waals surface area contributed by atoms with Gasteiger partial charge in [-0.25, -0.2) is 9.69 Å². The van der Waals surface area contributed by atoms with Crippen LogP contribution in [0.4, 0.5) is 23.7 Å². The zero-order valence-corrected chi connectivity index (χ0v) is 12.5. The highest BCUT2D eigenvalue weighted by atomic mass is 19.4. The molecule has 6 nitrogen and oxygen atoms in total.